The fourth-order valence-electron chi connectivity index (χ4n) is 4.23. The van der Waals surface area contributed by atoms with Crippen molar-refractivity contribution < 1.29 is 4.52 Å². The molecular formula is C25H20N4O. The van der Waals surface area contributed by atoms with Gasteiger partial charge in [0.25, 0.3) is 0 Å². The highest BCUT2D eigenvalue weighted by Crippen LogP contribution is 2.36. The van der Waals surface area contributed by atoms with Crippen molar-refractivity contribution in [3.63, 3.8) is 0 Å². The molecule has 0 fully saturated rings. The summed E-state index contributed by atoms with van der Waals surface area (Å²) in [6, 6.07) is 20.9. The lowest BCUT2D eigenvalue weighted by Gasteiger charge is -2.09. The number of nitriles is 1. The van der Waals surface area contributed by atoms with Crippen LogP contribution in [0.2, 0.25) is 0 Å². The summed E-state index contributed by atoms with van der Waals surface area (Å²) in [4.78, 5) is 4.80. The molecule has 0 aliphatic carbocycles. The number of hydrogen-bond acceptors (Lipinski definition) is 4. The third-order valence-corrected chi connectivity index (χ3v) is 5.58. The van der Waals surface area contributed by atoms with Crippen LogP contribution in [0.25, 0.3) is 33.1 Å². The molecule has 5 nitrogen and oxygen atoms in total. The number of aromatic nitrogens is 3. The van der Waals surface area contributed by atoms with Gasteiger partial charge in [-0.25, -0.2) is 0 Å². The second kappa shape index (κ2) is 6.85. The monoisotopic (exact) mass is 392 g/mol. The van der Waals surface area contributed by atoms with Gasteiger partial charge in [-0.3, -0.25) is 4.98 Å². The fraction of sp³-hybridized carbons (Fsp3) is 0.160. The summed E-state index contributed by atoms with van der Waals surface area (Å²) in [5, 5.41) is 15.0. The molecule has 0 unspecified atom stereocenters. The summed E-state index contributed by atoms with van der Waals surface area (Å²) < 4.78 is 7.63. The number of benzene rings is 2. The molecule has 3 aromatic heterocycles. The Labute approximate surface area is 174 Å². The lowest BCUT2D eigenvalue weighted by molar-refractivity contribution is 0.393. The van der Waals surface area contributed by atoms with E-state index in [-0.39, 0.29) is 0 Å². The standard InChI is InChI=1S/C25H20N4O/c1-15-9-10-21-25(27-15)24-20(13-26)11-19(23-16(2)28-30-17(23)3)12-22(24)29(21)14-18-7-5-4-6-8-18/h4-12H,14H2,1-3H3. The van der Waals surface area contributed by atoms with Crippen molar-refractivity contribution in [3.8, 4) is 17.2 Å². The maximum absolute atomic E-state index is 10.00. The molecule has 5 rings (SSSR count). The fourth-order valence-corrected chi connectivity index (χ4v) is 4.23. The van der Waals surface area contributed by atoms with E-state index in [0.29, 0.717) is 12.1 Å². The van der Waals surface area contributed by atoms with Crippen LogP contribution in [0.1, 0.15) is 28.3 Å². The summed E-state index contributed by atoms with van der Waals surface area (Å²) in [7, 11) is 0. The van der Waals surface area contributed by atoms with E-state index in [0.717, 1.165) is 50.2 Å². The SMILES string of the molecule is Cc1ccc2c(n1)c1c(C#N)cc(-c3c(C)noc3C)cc1n2Cc1ccccc1. The van der Waals surface area contributed by atoms with Crippen molar-refractivity contribution in [1.82, 2.24) is 14.7 Å². The zero-order valence-corrected chi connectivity index (χ0v) is 17.1. The van der Waals surface area contributed by atoms with Crippen LogP contribution in [0, 0.1) is 32.1 Å². The van der Waals surface area contributed by atoms with Gasteiger partial charge >= 0.3 is 0 Å². The Balaban J connectivity index is 1.88. The first-order valence-electron chi connectivity index (χ1n) is 9.87. The van der Waals surface area contributed by atoms with E-state index >= 15 is 0 Å². The minimum Gasteiger partial charge on any atom is -0.361 e. The lowest BCUT2D eigenvalue weighted by atomic mass is 9.99. The Morgan fingerprint density at radius 3 is 2.50 bits per heavy atom. The summed E-state index contributed by atoms with van der Waals surface area (Å²) in [5.74, 6) is 0.746. The molecule has 2 aromatic carbocycles. The molecular weight excluding hydrogens is 372 g/mol. The number of fused-ring (bicyclic) bond motifs is 3. The molecule has 0 atom stereocenters. The average molecular weight is 392 g/mol. The van der Waals surface area contributed by atoms with Gasteiger partial charge in [0.2, 0.25) is 0 Å². The summed E-state index contributed by atoms with van der Waals surface area (Å²) in [6.45, 7) is 6.49. The van der Waals surface area contributed by atoms with Crippen molar-refractivity contribution in [2.45, 2.75) is 27.3 Å². The predicted molar refractivity (Wildman–Crippen MR) is 117 cm³/mol. The molecule has 0 saturated carbocycles. The normalized spacial score (nSPS) is 11.3. The van der Waals surface area contributed by atoms with Gasteiger partial charge in [-0.05, 0) is 56.2 Å². The van der Waals surface area contributed by atoms with Gasteiger partial charge in [-0.1, -0.05) is 35.5 Å². The predicted octanol–water partition coefficient (Wildman–Crippen LogP) is 5.69. The molecule has 0 aliphatic heterocycles. The molecule has 146 valence electrons. The minimum atomic E-state index is 0.609. The van der Waals surface area contributed by atoms with Gasteiger partial charge in [-0.2, -0.15) is 5.26 Å². The smallest absolute Gasteiger partial charge is 0.141 e. The van der Waals surface area contributed by atoms with Crippen LogP contribution in [0.5, 0.6) is 0 Å². The molecule has 0 saturated heterocycles. The van der Waals surface area contributed by atoms with Gasteiger partial charge in [0, 0.05) is 23.2 Å². The molecule has 0 radical (unpaired) electrons. The van der Waals surface area contributed by atoms with Crippen LogP contribution in [-0.4, -0.2) is 14.7 Å². The van der Waals surface area contributed by atoms with Crippen LogP contribution in [0.3, 0.4) is 0 Å². The molecule has 5 heteroatoms. The van der Waals surface area contributed by atoms with Crippen LogP contribution >= 0.6 is 0 Å². The maximum atomic E-state index is 10.00. The van der Waals surface area contributed by atoms with Gasteiger partial charge < -0.3 is 9.09 Å². The van der Waals surface area contributed by atoms with Crippen molar-refractivity contribution in [2.75, 3.05) is 0 Å². The number of aryl methyl sites for hydroxylation is 3. The molecule has 0 aliphatic rings. The first kappa shape index (κ1) is 18.1. The largest absolute Gasteiger partial charge is 0.361 e. The average Bonchev–Trinajstić information content (AvgIpc) is 3.24. The Hall–Kier alpha value is -3.91. The van der Waals surface area contributed by atoms with Crippen LogP contribution in [0.4, 0.5) is 0 Å². The van der Waals surface area contributed by atoms with E-state index in [2.05, 4.69) is 40.1 Å². The van der Waals surface area contributed by atoms with E-state index in [1.54, 1.807) is 0 Å². The molecule has 0 bridgehead atoms. The summed E-state index contributed by atoms with van der Waals surface area (Å²) in [5.41, 5.74) is 8.29. The number of rotatable bonds is 3. The molecule has 0 spiro atoms. The third-order valence-electron chi connectivity index (χ3n) is 5.58. The van der Waals surface area contributed by atoms with Crippen molar-refractivity contribution >= 4 is 21.9 Å². The van der Waals surface area contributed by atoms with Crippen molar-refractivity contribution in [1.29, 1.82) is 5.26 Å². The Bertz CT molecular complexity index is 1430. The maximum Gasteiger partial charge on any atom is 0.141 e. The van der Waals surface area contributed by atoms with Gasteiger partial charge in [0.15, 0.2) is 0 Å². The summed E-state index contributed by atoms with van der Waals surface area (Å²) in [6.07, 6.45) is 0. The molecule has 0 N–H and O–H groups in total. The topological polar surface area (TPSA) is 67.6 Å². The summed E-state index contributed by atoms with van der Waals surface area (Å²) >= 11 is 0. The second-order valence-corrected chi connectivity index (χ2v) is 7.62. The van der Waals surface area contributed by atoms with E-state index in [1.165, 1.54) is 5.56 Å². The number of hydrogen-bond donors (Lipinski definition) is 0. The molecule has 30 heavy (non-hydrogen) atoms. The highest BCUT2D eigenvalue weighted by molar-refractivity contribution is 6.10. The molecule has 5 aromatic rings. The second-order valence-electron chi connectivity index (χ2n) is 7.62. The van der Waals surface area contributed by atoms with Gasteiger partial charge in [0.1, 0.15) is 5.76 Å². The Morgan fingerprint density at radius 2 is 1.80 bits per heavy atom. The van der Waals surface area contributed by atoms with Gasteiger partial charge in [0.05, 0.1) is 33.9 Å². The van der Waals surface area contributed by atoms with Crippen molar-refractivity contribution in [2.24, 2.45) is 0 Å². The highest BCUT2D eigenvalue weighted by Gasteiger charge is 2.20. The number of pyridine rings is 1. The third kappa shape index (κ3) is 2.77. The van der Waals surface area contributed by atoms with Gasteiger partial charge in [-0.15, -0.1) is 0 Å². The van der Waals surface area contributed by atoms with E-state index in [1.807, 2.05) is 51.1 Å². The minimum absolute atomic E-state index is 0.609. The van der Waals surface area contributed by atoms with Crippen molar-refractivity contribution in [3.05, 3.63) is 82.9 Å². The Morgan fingerprint density at radius 1 is 1.00 bits per heavy atom. The first-order valence-corrected chi connectivity index (χ1v) is 9.87. The Kier molecular flexibility index (Phi) is 4.14. The van der Waals surface area contributed by atoms with E-state index in [4.69, 9.17) is 9.51 Å². The molecule has 3 heterocycles. The zero-order valence-electron chi connectivity index (χ0n) is 17.1. The van der Waals surface area contributed by atoms with Crippen LogP contribution < -0.4 is 0 Å². The first-order chi connectivity index (χ1) is 14.6. The van der Waals surface area contributed by atoms with E-state index in [9.17, 15) is 5.26 Å². The highest BCUT2D eigenvalue weighted by atomic mass is 16.5. The number of nitrogens with zero attached hydrogens (tertiary/aromatic N) is 4. The van der Waals surface area contributed by atoms with Crippen LogP contribution in [0.15, 0.2) is 59.1 Å². The lowest BCUT2D eigenvalue weighted by Crippen LogP contribution is -2.00. The molecule has 0 amide bonds. The quantitative estimate of drug-likeness (QED) is 0.395. The van der Waals surface area contributed by atoms with E-state index < -0.39 is 0 Å². The zero-order chi connectivity index (χ0) is 20.8. The van der Waals surface area contributed by atoms with Crippen LogP contribution in [-0.2, 0) is 6.54 Å².